The minimum absolute atomic E-state index is 0.0800. The van der Waals surface area contributed by atoms with E-state index in [4.69, 9.17) is 5.73 Å². The van der Waals surface area contributed by atoms with Crippen LogP contribution in [0.4, 0.5) is 11.6 Å². The van der Waals surface area contributed by atoms with Gasteiger partial charge in [0.05, 0.1) is 17.9 Å². The molecule has 0 saturated heterocycles. The van der Waals surface area contributed by atoms with Crippen molar-refractivity contribution in [2.75, 3.05) is 11.1 Å². The highest BCUT2D eigenvalue weighted by Crippen LogP contribution is 2.28. The van der Waals surface area contributed by atoms with E-state index in [0.29, 0.717) is 17.0 Å². The van der Waals surface area contributed by atoms with Gasteiger partial charge in [0.15, 0.2) is 0 Å². The van der Waals surface area contributed by atoms with E-state index in [1.54, 1.807) is 16.5 Å². The molecule has 3 aromatic heterocycles. The molecule has 4 aromatic rings. The van der Waals surface area contributed by atoms with Gasteiger partial charge in [-0.05, 0) is 12.1 Å². The fourth-order valence-corrected chi connectivity index (χ4v) is 3.13. The molecule has 0 aliphatic carbocycles. The summed E-state index contributed by atoms with van der Waals surface area (Å²) >= 11 is 0. The number of rotatable bonds is 5. The van der Waals surface area contributed by atoms with Crippen LogP contribution in [0.2, 0.25) is 0 Å². The number of hydrogen-bond donors (Lipinski definition) is 3. The first-order valence-corrected chi connectivity index (χ1v) is 8.63. The number of pyridine rings is 1. The lowest BCUT2D eigenvalue weighted by Gasteiger charge is -2.10. The number of aromatic carboxylic acids is 1. The third kappa shape index (κ3) is 3.19. The van der Waals surface area contributed by atoms with Gasteiger partial charge >= 0.3 is 5.97 Å². The second-order valence-electron chi connectivity index (χ2n) is 6.13. The highest BCUT2D eigenvalue weighted by molar-refractivity contribution is 5.88. The number of carbonyl (C=O) groups is 1. The van der Waals surface area contributed by atoms with Crippen LogP contribution in [0.25, 0.3) is 16.9 Å². The van der Waals surface area contributed by atoms with Crippen LogP contribution in [-0.4, -0.2) is 30.4 Å². The highest BCUT2D eigenvalue weighted by Gasteiger charge is 2.19. The summed E-state index contributed by atoms with van der Waals surface area (Å²) < 4.78 is 1.61. The number of anilines is 2. The lowest BCUT2D eigenvalue weighted by molar-refractivity contribution is 0.0689. The molecule has 9 nitrogen and oxygen atoms in total. The van der Waals surface area contributed by atoms with Gasteiger partial charge in [-0.25, -0.2) is 19.7 Å². The predicted molar refractivity (Wildman–Crippen MR) is 106 cm³/mol. The Kier molecular flexibility index (Phi) is 4.50. The SMILES string of the molecule is N#Cc1c(N)ncnc1NCc1nc2cccc(C(=O)O)n2c1-c1ccccc1. The second-order valence-corrected chi connectivity index (χ2v) is 6.13. The zero-order valence-electron chi connectivity index (χ0n) is 15.1. The predicted octanol–water partition coefficient (Wildman–Crippen LogP) is 2.56. The summed E-state index contributed by atoms with van der Waals surface area (Å²) in [6.45, 7) is 0.204. The van der Waals surface area contributed by atoms with Gasteiger partial charge < -0.3 is 16.2 Å². The Bertz CT molecular complexity index is 1260. The van der Waals surface area contributed by atoms with Crippen molar-refractivity contribution < 1.29 is 9.90 Å². The highest BCUT2D eigenvalue weighted by atomic mass is 16.4. The first kappa shape index (κ1) is 17.9. The first-order valence-electron chi connectivity index (χ1n) is 8.63. The fraction of sp³-hybridized carbons (Fsp3) is 0.0500. The van der Waals surface area contributed by atoms with E-state index in [1.807, 2.05) is 36.4 Å². The normalized spacial score (nSPS) is 10.6. The van der Waals surface area contributed by atoms with Crippen molar-refractivity contribution >= 4 is 23.3 Å². The summed E-state index contributed by atoms with van der Waals surface area (Å²) in [5.74, 6) is -0.689. The summed E-state index contributed by atoms with van der Waals surface area (Å²) in [6, 6.07) is 16.3. The van der Waals surface area contributed by atoms with Gasteiger partial charge in [-0.2, -0.15) is 5.26 Å². The van der Waals surface area contributed by atoms with Crippen molar-refractivity contribution in [3.05, 3.63) is 71.8 Å². The molecule has 0 aliphatic rings. The second kappa shape index (κ2) is 7.28. The number of fused-ring (bicyclic) bond motifs is 1. The van der Waals surface area contributed by atoms with Gasteiger partial charge in [0.1, 0.15) is 40.9 Å². The number of carboxylic acids is 1. The maximum Gasteiger partial charge on any atom is 0.352 e. The summed E-state index contributed by atoms with van der Waals surface area (Å²) in [5.41, 5.74) is 8.54. The Morgan fingerprint density at radius 1 is 1.17 bits per heavy atom. The minimum Gasteiger partial charge on any atom is -0.477 e. The third-order valence-corrected chi connectivity index (χ3v) is 4.39. The largest absolute Gasteiger partial charge is 0.477 e. The van der Waals surface area contributed by atoms with E-state index in [-0.39, 0.29) is 29.4 Å². The standard InChI is InChI=1S/C20H15N7O2/c21-9-13-18(22)24-11-25-19(13)23-10-14-17(12-5-2-1-3-6-12)27-15(20(28)29)7-4-8-16(27)26-14/h1-8,11H,10H2,(H,28,29)(H3,22,23,24,25). The van der Waals surface area contributed by atoms with Crippen LogP contribution >= 0.6 is 0 Å². The number of imidazole rings is 1. The molecular formula is C20H15N7O2. The van der Waals surface area contributed by atoms with Gasteiger partial charge in [-0.3, -0.25) is 4.40 Å². The average molecular weight is 385 g/mol. The Morgan fingerprint density at radius 3 is 2.69 bits per heavy atom. The minimum atomic E-state index is -1.06. The van der Waals surface area contributed by atoms with Crippen LogP contribution in [0.1, 0.15) is 21.7 Å². The average Bonchev–Trinajstić information content (AvgIpc) is 3.11. The van der Waals surface area contributed by atoms with Crippen LogP contribution in [0.15, 0.2) is 54.9 Å². The number of nitrogens with two attached hydrogens (primary N) is 1. The molecule has 0 aliphatic heterocycles. The van der Waals surface area contributed by atoms with E-state index in [0.717, 1.165) is 5.56 Å². The summed E-state index contributed by atoms with van der Waals surface area (Å²) in [6.07, 6.45) is 1.27. The van der Waals surface area contributed by atoms with Crippen molar-refractivity contribution in [2.45, 2.75) is 6.54 Å². The van der Waals surface area contributed by atoms with E-state index in [1.165, 1.54) is 12.4 Å². The number of carboxylic acid groups (broad SMARTS) is 1. The van der Waals surface area contributed by atoms with Crippen molar-refractivity contribution in [3.63, 3.8) is 0 Å². The van der Waals surface area contributed by atoms with Crippen LogP contribution in [0, 0.1) is 11.3 Å². The van der Waals surface area contributed by atoms with Gasteiger partial charge in [-0.1, -0.05) is 36.4 Å². The Labute approximate surface area is 165 Å². The zero-order valence-corrected chi connectivity index (χ0v) is 15.1. The lowest BCUT2D eigenvalue weighted by Crippen LogP contribution is -2.09. The number of nitrogen functional groups attached to an aromatic ring is 1. The number of nitrogens with one attached hydrogen (secondary N) is 1. The van der Waals surface area contributed by atoms with Crippen molar-refractivity contribution in [2.24, 2.45) is 0 Å². The van der Waals surface area contributed by atoms with Gasteiger partial charge in [0.2, 0.25) is 0 Å². The molecule has 0 bridgehead atoms. The zero-order chi connectivity index (χ0) is 20.4. The molecule has 0 spiro atoms. The molecule has 0 unspecified atom stereocenters. The van der Waals surface area contributed by atoms with Crippen molar-refractivity contribution in [3.8, 4) is 17.3 Å². The summed E-state index contributed by atoms with van der Waals surface area (Å²) in [7, 11) is 0. The molecule has 9 heteroatoms. The number of nitrogens with zero attached hydrogens (tertiary/aromatic N) is 5. The molecule has 0 radical (unpaired) electrons. The van der Waals surface area contributed by atoms with Crippen molar-refractivity contribution in [1.82, 2.24) is 19.4 Å². The van der Waals surface area contributed by atoms with Crippen LogP contribution in [0.3, 0.4) is 0 Å². The van der Waals surface area contributed by atoms with E-state index >= 15 is 0 Å². The number of aromatic nitrogens is 4. The van der Waals surface area contributed by atoms with Gasteiger partial charge in [0, 0.05) is 5.56 Å². The molecule has 0 atom stereocenters. The topological polar surface area (TPSA) is 142 Å². The Hall–Kier alpha value is -4.45. The molecule has 0 saturated carbocycles. The summed E-state index contributed by atoms with van der Waals surface area (Å²) in [5, 5.41) is 22.0. The third-order valence-electron chi connectivity index (χ3n) is 4.39. The van der Waals surface area contributed by atoms with E-state index in [2.05, 4.69) is 20.3 Å². The van der Waals surface area contributed by atoms with Crippen LogP contribution in [-0.2, 0) is 6.54 Å². The molecule has 3 heterocycles. The summed E-state index contributed by atoms with van der Waals surface area (Å²) in [4.78, 5) is 24.3. The number of nitriles is 1. The molecule has 29 heavy (non-hydrogen) atoms. The van der Waals surface area contributed by atoms with E-state index in [9.17, 15) is 15.2 Å². The van der Waals surface area contributed by atoms with Crippen LogP contribution < -0.4 is 11.1 Å². The molecule has 4 N–H and O–H groups in total. The number of hydrogen-bond acceptors (Lipinski definition) is 7. The quantitative estimate of drug-likeness (QED) is 0.476. The lowest BCUT2D eigenvalue weighted by atomic mass is 10.1. The van der Waals surface area contributed by atoms with E-state index < -0.39 is 5.97 Å². The van der Waals surface area contributed by atoms with Crippen LogP contribution in [0.5, 0.6) is 0 Å². The molecule has 142 valence electrons. The maximum absolute atomic E-state index is 11.8. The smallest absolute Gasteiger partial charge is 0.352 e. The monoisotopic (exact) mass is 385 g/mol. The molecule has 0 amide bonds. The van der Waals surface area contributed by atoms with Gasteiger partial charge in [0.25, 0.3) is 0 Å². The number of benzene rings is 1. The Balaban J connectivity index is 1.85. The van der Waals surface area contributed by atoms with Gasteiger partial charge in [-0.15, -0.1) is 0 Å². The Morgan fingerprint density at radius 2 is 1.97 bits per heavy atom. The molecule has 1 aromatic carbocycles. The maximum atomic E-state index is 11.8. The van der Waals surface area contributed by atoms with Crippen molar-refractivity contribution in [1.29, 1.82) is 5.26 Å². The fourth-order valence-electron chi connectivity index (χ4n) is 3.13. The molecule has 0 fully saturated rings. The molecular weight excluding hydrogens is 370 g/mol. The first-order chi connectivity index (χ1) is 14.1. The molecule has 4 rings (SSSR count).